The smallest absolute Gasteiger partial charge is 0.227 e. The van der Waals surface area contributed by atoms with Crippen LogP contribution in [-0.4, -0.2) is 76.9 Å². The standard InChI is InChI=1S/C22H37N5O3.HI/c1-6-24-21(26-16-22(2,3)20(28)23-4)25-15-19(27-11-13-30-14-12-27)17-7-9-18(29-5)10-8-17;/h7-10,19H,6,11-16H2,1-5H3,(H,23,28)(H2,24,25,26);1H. The third kappa shape index (κ3) is 8.46. The predicted molar refractivity (Wildman–Crippen MR) is 135 cm³/mol. The Kier molecular flexibility index (Phi) is 12.2. The molecule has 0 radical (unpaired) electrons. The minimum Gasteiger partial charge on any atom is -0.497 e. The van der Waals surface area contributed by atoms with E-state index in [0.29, 0.717) is 19.0 Å². The molecule has 0 bridgehead atoms. The van der Waals surface area contributed by atoms with Crippen LogP contribution in [0.1, 0.15) is 32.4 Å². The van der Waals surface area contributed by atoms with Crippen LogP contribution in [0, 0.1) is 5.41 Å². The average molecular weight is 547 g/mol. The SMILES string of the molecule is CCNC(=NCC(C)(C)C(=O)NC)NCC(c1ccc(OC)cc1)N1CCOCC1.I. The number of methoxy groups -OCH3 is 1. The van der Waals surface area contributed by atoms with Crippen molar-refractivity contribution in [2.75, 3.05) is 60.1 Å². The highest BCUT2D eigenvalue weighted by Crippen LogP contribution is 2.23. The molecule has 1 saturated heterocycles. The number of benzene rings is 1. The van der Waals surface area contributed by atoms with Crippen molar-refractivity contribution in [2.24, 2.45) is 10.4 Å². The van der Waals surface area contributed by atoms with Crippen molar-refractivity contribution >= 4 is 35.8 Å². The summed E-state index contributed by atoms with van der Waals surface area (Å²) in [5.41, 5.74) is 0.642. The van der Waals surface area contributed by atoms with E-state index < -0.39 is 5.41 Å². The van der Waals surface area contributed by atoms with E-state index >= 15 is 0 Å². The van der Waals surface area contributed by atoms with Gasteiger partial charge in [0, 0.05) is 33.2 Å². The van der Waals surface area contributed by atoms with E-state index in [-0.39, 0.29) is 35.9 Å². The molecule has 1 aromatic carbocycles. The molecular formula is C22H38IN5O3. The highest BCUT2D eigenvalue weighted by molar-refractivity contribution is 14.0. The summed E-state index contributed by atoms with van der Waals surface area (Å²) >= 11 is 0. The summed E-state index contributed by atoms with van der Waals surface area (Å²) in [5, 5.41) is 9.46. The Labute approximate surface area is 203 Å². The Hall–Kier alpha value is -1.59. The van der Waals surface area contributed by atoms with E-state index in [1.54, 1.807) is 14.2 Å². The minimum absolute atomic E-state index is 0. The summed E-state index contributed by atoms with van der Waals surface area (Å²) in [7, 11) is 3.33. The second kappa shape index (κ2) is 13.7. The second-order valence-electron chi connectivity index (χ2n) is 7.98. The van der Waals surface area contributed by atoms with Crippen LogP contribution in [0.4, 0.5) is 0 Å². The Bertz CT molecular complexity index is 691. The molecule has 1 fully saturated rings. The van der Waals surface area contributed by atoms with Crippen molar-refractivity contribution in [3.63, 3.8) is 0 Å². The predicted octanol–water partition coefficient (Wildman–Crippen LogP) is 2.01. The second-order valence-corrected chi connectivity index (χ2v) is 7.98. The zero-order valence-electron chi connectivity index (χ0n) is 19.4. The number of ether oxygens (including phenoxy) is 2. The molecule has 1 aromatic rings. The molecule has 1 atom stereocenters. The molecule has 0 aromatic heterocycles. The molecule has 1 aliphatic heterocycles. The van der Waals surface area contributed by atoms with Gasteiger partial charge in [0.05, 0.1) is 38.3 Å². The van der Waals surface area contributed by atoms with Crippen molar-refractivity contribution in [2.45, 2.75) is 26.8 Å². The molecule has 1 amide bonds. The lowest BCUT2D eigenvalue weighted by molar-refractivity contribution is -0.128. The number of carbonyl (C=O) groups excluding carboxylic acids is 1. The minimum atomic E-state index is -0.573. The third-order valence-electron chi connectivity index (χ3n) is 5.27. The fourth-order valence-electron chi connectivity index (χ4n) is 3.39. The van der Waals surface area contributed by atoms with Gasteiger partial charge in [-0.3, -0.25) is 14.7 Å². The molecule has 0 aliphatic carbocycles. The molecule has 31 heavy (non-hydrogen) atoms. The number of aliphatic imine (C=N–C) groups is 1. The zero-order valence-corrected chi connectivity index (χ0v) is 21.7. The molecular weight excluding hydrogens is 509 g/mol. The molecule has 9 heteroatoms. The first-order chi connectivity index (χ1) is 14.4. The first-order valence-corrected chi connectivity index (χ1v) is 10.6. The third-order valence-corrected chi connectivity index (χ3v) is 5.27. The quantitative estimate of drug-likeness (QED) is 0.249. The van der Waals surface area contributed by atoms with E-state index in [9.17, 15) is 4.79 Å². The van der Waals surface area contributed by atoms with E-state index in [1.807, 2.05) is 32.9 Å². The highest BCUT2D eigenvalue weighted by atomic mass is 127. The van der Waals surface area contributed by atoms with Crippen molar-refractivity contribution in [3.05, 3.63) is 29.8 Å². The van der Waals surface area contributed by atoms with Gasteiger partial charge in [-0.05, 0) is 38.5 Å². The summed E-state index contributed by atoms with van der Waals surface area (Å²) in [6.45, 7) is 10.9. The summed E-state index contributed by atoms with van der Waals surface area (Å²) in [6.07, 6.45) is 0. The van der Waals surface area contributed by atoms with Crippen LogP contribution >= 0.6 is 24.0 Å². The van der Waals surface area contributed by atoms with Crippen LogP contribution in [0.3, 0.4) is 0 Å². The van der Waals surface area contributed by atoms with E-state index in [1.165, 1.54) is 5.56 Å². The zero-order chi connectivity index (χ0) is 22.0. The van der Waals surface area contributed by atoms with Gasteiger partial charge in [0.1, 0.15) is 5.75 Å². The highest BCUT2D eigenvalue weighted by Gasteiger charge is 2.27. The molecule has 176 valence electrons. The van der Waals surface area contributed by atoms with Crippen molar-refractivity contribution in [1.82, 2.24) is 20.9 Å². The summed E-state index contributed by atoms with van der Waals surface area (Å²) in [4.78, 5) is 19.2. The lowest BCUT2D eigenvalue weighted by atomic mass is 9.93. The molecule has 8 nitrogen and oxygen atoms in total. The van der Waals surface area contributed by atoms with E-state index in [0.717, 1.165) is 38.6 Å². The fraction of sp³-hybridized carbons (Fsp3) is 0.636. The maximum absolute atomic E-state index is 12.1. The monoisotopic (exact) mass is 547 g/mol. The maximum Gasteiger partial charge on any atom is 0.227 e. The number of amides is 1. The normalized spacial score (nSPS) is 16.1. The number of nitrogens with one attached hydrogen (secondary N) is 3. The number of rotatable bonds is 9. The number of hydrogen-bond donors (Lipinski definition) is 3. The first-order valence-electron chi connectivity index (χ1n) is 10.6. The summed E-state index contributed by atoms with van der Waals surface area (Å²) < 4.78 is 10.8. The fourth-order valence-corrected chi connectivity index (χ4v) is 3.39. The number of morpholine rings is 1. The van der Waals surface area contributed by atoms with Crippen LogP contribution in [0.25, 0.3) is 0 Å². The van der Waals surface area contributed by atoms with Crippen LogP contribution in [0.15, 0.2) is 29.3 Å². The van der Waals surface area contributed by atoms with Gasteiger partial charge < -0.3 is 25.4 Å². The number of halogens is 1. The Morgan fingerprint density at radius 3 is 2.42 bits per heavy atom. The molecule has 1 unspecified atom stereocenters. The average Bonchev–Trinajstić information content (AvgIpc) is 2.78. The Morgan fingerprint density at radius 2 is 1.87 bits per heavy atom. The largest absolute Gasteiger partial charge is 0.497 e. The van der Waals surface area contributed by atoms with Gasteiger partial charge in [-0.1, -0.05) is 12.1 Å². The van der Waals surface area contributed by atoms with Crippen LogP contribution in [0.5, 0.6) is 5.75 Å². The van der Waals surface area contributed by atoms with Crippen molar-refractivity contribution in [1.29, 1.82) is 0 Å². The number of carbonyl (C=O) groups is 1. The molecule has 1 heterocycles. The number of nitrogens with zero attached hydrogens (tertiary/aromatic N) is 2. The molecule has 1 aliphatic rings. The molecule has 2 rings (SSSR count). The van der Waals surface area contributed by atoms with Gasteiger partial charge in [-0.2, -0.15) is 0 Å². The van der Waals surface area contributed by atoms with Gasteiger partial charge in [-0.25, -0.2) is 0 Å². The van der Waals surface area contributed by atoms with Gasteiger partial charge in [0.15, 0.2) is 5.96 Å². The molecule has 0 spiro atoms. The van der Waals surface area contributed by atoms with Crippen molar-refractivity contribution in [3.8, 4) is 5.75 Å². The van der Waals surface area contributed by atoms with Gasteiger partial charge in [0.2, 0.25) is 5.91 Å². The number of guanidine groups is 1. The topological polar surface area (TPSA) is 87.2 Å². The van der Waals surface area contributed by atoms with Gasteiger partial charge in [-0.15, -0.1) is 24.0 Å². The van der Waals surface area contributed by atoms with Crippen LogP contribution in [0.2, 0.25) is 0 Å². The summed E-state index contributed by atoms with van der Waals surface area (Å²) in [5.74, 6) is 1.53. The summed E-state index contributed by atoms with van der Waals surface area (Å²) in [6, 6.07) is 8.39. The lowest BCUT2D eigenvalue weighted by Gasteiger charge is -2.35. The van der Waals surface area contributed by atoms with Crippen molar-refractivity contribution < 1.29 is 14.3 Å². The maximum atomic E-state index is 12.1. The van der Waals surface area contributed by atoms with Crippen LogP contribution in [-0.2, 0) is 9.53 Å². The van der Waals surface area contributed by atoms with Gasteiger partial charge >= 0.3 is 0 Å². The first kappa shape index (κ1) is 27.4. The van der Waals surface area contributed by atoms with Gasteiger partial charge in [0.25, 0.3) is 0 Å². The lowest BCUT2D eigenvalue weighted by Crippen LogP contribution is -2.46. The van der Waals surface area contributed by atoms with Crippen LogP contribution < -0.4 is 20.7 Å². The van der Waals surface area contributed by atoms with E-state index in [2.05, 4.69) is 38.0 Å². The number of hydrogen-bond acceptors (Lipinski definition) is 5. The Morgan fingerprint density at radius 1 is 1.23 bits per heavy atom. The molecule has 3 N–H and O–H groups in total. The van der Waals surface area contributed by atoms with E-state index in [4.69, 9.17) is 9.47 Å². The molecule has 0 saturated carbocycles. The Balaban J connectivity index is 0.00000480.